The van der Waals surface area contributed by atoms with Crippen LogP contribution in [0.15, 0.2) is 10.7 Å². The van der Waals surface area contributed by atoms with Crippen LogP contribution in [0.4, 0.5) is 0 Å². The molecule has 1 fully saturated rings. The summed E-state index contributed by atoms with van der Waals surface area (Å²) in [5, 5.41) is 7.14. The topological polar surface area (TPSA) is 56.2 Å². The summed E-state index contributed by atoms with van der Waals surface area (Å²) in [5.41, 5.74) is 0.581. The highest BCUT2D eigenvalue weighted by Gasteiger charge is 2.26. The second-order valence-electron chi connectivity index (χ2n) is 3.41. The molecule has 1 aliphatic rings. The van der Waals surface area contributed by atoms with Crippen LogP contribution in [0, 0.1) is 0 Å². The molecule has 0 radical (unpaired) electrons. The third kappa shape index (κ3) is 2.11. The zero-order valence-corrected chi connectivity index (χ0v) is 9.95. The first kappa shape index (κ1) is 10.8. The Bertz CT molecular complexity index is 352. The molecule has 15 heavy (non-hydrogen) atoms. The van der Waals surface area contributed by atoms with E-state index in [0.717, 1.165) is 4.47 Å². The molecule has 1 aromatic heterocycles. The Morgan fingerprint density at radius 1 is 1.80 bits per heavy atom. The number of Topliss-reactive ketones (excluding diaryl/α,β-unsaturated/α-hetero) is 1. The Morgan fingerprint density at radius 2 is 2.60 bits per heavy atom. The number of aromatic nitrogens is 2. The molecular formula is C9H12BrN3O2. The molecule has 0 spiro atoms. The Kier molecular flexibility index (Phi) is 3.18. The summed E-state index contributed by atoms with van der Waals surface area (Å²) in [6, 6.07) is -0.259. The van der Waals surface area contributed by atoms with Crippen molar-refractivity contribution in [1.82, 2.24) is 15.1 Å². The fourth-order valence-corrected chi connectivity index (χ4v) is 2.13. The van der Waals surface area contributed by atoms with Crippen LogP contribution in [0.5, 0.6) is 0 Å². The van der Waals surface area contributed by atoms with Gasteiger partial charge in [0, 0.05) is 13.6 Å². The van der Waals surface area contributed by atoms with E-state index < -0.39 is 0 Å². The Morgan fingerprint density at radius 3 is 3.13 bits per heavy atom. The molecule has 1 unspecified atom stereocenters. The number of ketones is 1. The van der Waals surface area contributed by atoms with Crippen molar-refractivity contribution < 1.29 is 9.53 Å². The lowest BCUT2D eigenvalue weighted by Gasteiger charge is -2.22. The SMILES string of the molecule is Cn1ncc(Br)c1C(=O)C1COCCN1. The molecule has 1 aromatic rings. The number of ether oxygens (including phenoxy) is 1. The van der Waals surface area contributed by atoms with Crippen LogP contribution >= 0.6 is 15.9 Å². The van der Waals surface area contributed by atoms with Gasteiger partial charge in [-0.1, -0.05) is 0 Å². The number of hydrogen-bond acceptors (Lipinski definition) is 4. The normalized spacial score (nSPS) is 21.6. The van der Waals surface area contributed by atoms with Crippen LogP contribution in [0.3, 0.4) is 0 Å². The first-order chi connectivity index (χ1) is 7.20. The molecule has 0 saturated carbocycles. The maximum absolute atomic E-state index is 12.1. The standard InChI is InChI=1S/C9H12BrN3O2/c1-13-8(6(10)4-12-13)9(14)7-5-15-3-2-11-7/h4,7,11H,2-3,5H2,1H3. The number of nitrogens with one attached hydrogen (secondary N) is 1. The lowest BCUT2D eigenvalue weighted by molar-refractivity contribution is 0.0600. The number of nitrogens with zero attached hydrogens (tertiary/aromatic N) is 2. The minimum atomic E-state index is -0.259. The Hall–Kier alpha value is -0.720. The summed E-state index contributed by atoms with van der Waals surface area (Å²) in [5.74, 6) is 0.0153. The third-order valence-electron chi connectivity index (χ3n) is 2.37. The van der Waals surface area contributed by atoms with Gasteiger partial charge in [-0.2, -0.15) is 5.10 Å². The van der Waals surface area contributed by atoms with Gasteiger partial charge in [0.15, 0.2) is 0 Å². The fraction of sp³-hybridized carbons (Fsp3) is 0.556. The molecule has 0 aromatic carbocycles. The second kappa shape index (κ2) is 4.42. The lowest BCUT2D eigenvalue weighted by atomic mass is 10.1. The Labute approximate surface area is 95.9 Å². The predicted octanol–water partition coefficient (Wildman–Crippen LogP) is 0.354. The minimum Gasteiger partial charge on any atom is -0.378 e. The minimum absolute atomic E-state index is 0.0153. The van der Waals surface area contributed by atoms with Crippen LogP contribution in [-0.4, -0.2) is 41.4 Å². The molecule has 1 atom stereocenters. The van der Waals surface area contributed by atoms with Gasteiger partial charge in [-0.25, -0.2) is 0 Å². The molecule has 0 aliphatic carbocycles. The van der Waals surface area contributed by atoms with Gasteiger partial charge in [-0.05, 0) is 15.9 Å². The average Bonchev–Trinajstić information content (AvgIpc) is 2.59. The van der Waals surface area contributed by atoms with E-state index >= 15 is 0 Å². The van der Waals surface area contributed by atoms with Gasteiger partial charge in [0.1, 0.15) is 5.69 Å². The summed E-state index contributed by atoms with van der Waals surface area (Å²) >= 11 is 3.31. The molecule has 6 heteroatoms. The number of morpholine rings is 1. The van der Waals surface area contributed by atoms with Gasteiger partial charge < -0.3 is 10.1 Å². The van der Waals surface area contributed by atoms with Crippen molar-refractivity contribution in [3.63, 3.8) is 0 Å². The first-order valence-corrected chi connectivity index (χ1v) is 5.52. The maximum Gasteiger partial charge on any atom is 0.201 e. The van der Waals surface area contributed by atoms with Gasteiger partial charge in [0.2, 0.25) is 5.78 Å². The molecule has 2 rings (SSSR count). The van der Waals surface area contributed by atoms with Crippen molar-refractivity contribution in [3.05, 3.63) is 16.4 Å². The number of halogens is 1. The van der Waals surface area contributed by atoms with Gasteiger partial charge >= 0.3 is 0 Å². The number of carbonyl (C=O) groups excluding carboxylic acids is 1. The second-order valence-corrected chi connectivity index (χ2v) is 4.26. The van der Waals surface area contributed by atoms with E-state index in [4.69, 9.17) is 4.74 Å². The van der Waals surface area contributed by atoms with Gasteiger partial charge in [-0.15, -0.1) is 0 Å². The molecule has 0 bridgehead atoms. The third-order valence-corrected chi connectivity index (χ3v) is 2.95. The molecule has 1 saturated heterocycles. The highest BCUT2D eigenvalue weighted by molar-refractivity contribution is 9.10. The number of carbonyl (C=O) groups is 1. The van der Waals surface area contributed by atoms with E-state index in [2.05, 4.69) is 26.3 Å². The van der Waals surface area contributed by atoms with Crippen molar-refractivity contribution >= 4 is 21.7 Å². The smallest absolute Gasteiger partial charge is 0.201 e. The van der Waals surface area contributed by atoms with Crippen LogP contribution < -0.4 is 5.32 Å². The van der Waals surface area contributed by atoms with E-state index in [1.807, 2.05) is 0 Å². The van der Waals surface area contributed by atoms with Crippen LogP contribution in [0.2, 0.25) is 0 Å². The van der Waals surface area contributed by atoms with Gasteiger partial charge in [-0.3, -0.25) is 9.48 Å². The molecule has 1 aliphatic heterocycles. The van der Waals surface area contributed by atoms with Crippen LogP contribution in [-0.2, 0) is 11.8 Å². The van der Waals surface area contributed by atoms with E-state index in [9.17, 15) is 4.79 Å². The van der Waals surface area contributed by atoms with E-state index in [-0.39, 0.29) is 11.8 Å². The summed E-state index contributed by atoms with van der Waals surface area (Å²) < 4.78 is 7.55. The van der Waals surface area contributed by atoms with E-state index in [1.165, 1.54) is 0 Å². The monoisotopic (exact) mass is 273 g/mol. The average molecular weight is 274 g/mol. The number of aryl methyl sites for hydroxylation is 1. The molecule has 2 heterocycles. The van der Waals surface area contributed by atoms with Crippen LogP contribution in [0.25, 0.3) is 0 Å². The van der Waals surface area contributed by atoms with E-state index in [0.29, 0.717) is 25.5 Å². The summed E-state index contributed by atoms with van der Waals surface area (Å²) in [6.07, 6.45) is 1.62. The van der Waals surface area contributed by atoms with Crippen molar-refractivity contribution in [2.75, 3.05) is 19.8 Å². The molecule has 5 nitrogen and oxygen atoms in total. The summed E-state index contributed by atoms with van der Waals surface area (Å²) in [7, 11) is 1.75. The van der Waals surface area contributed by atoms with E-state index in [1.54, 1.807) is 17.9 Å². The number of rotatable bonds is 2. The zero-order chi connectivity index (χ0) is 10.8. The fourth-order valence-electron chi connectivity index (χ4n) is 1.59. The Balaban J connectivity index is 2.19. The van der Waals surface area contributed by atoms with Crippen molar-refractivity contribution in [1.29, 1.82) is 0 Å². The zero-order valence-electron chi connectivity index (χ0n) is 8.36. The summed E-state index contributed by atoms with van der Waals surface area (Å²) in [4.78, 5) is 12.1. The molecule has 0 amide bonds. The van der Waals surface area contributed by atoms with Gasteiger partial charge in [0.05, 0.1) is 29.9 Å². The van der Waals surface area contributed by atoms with Crippen molar-refractivity contribution in [3.8, 4) is 0 Å². The maximum atomic E-state index is 12.1. The molecular weight excluding hydrogens is 262 g/mol. The van der Waals surface area contributed by atoms with Crippen molar-refractivity contribution in [2.24, 2.45) is 7.05 Å². The quantitative estimate of drug-likeness (QED) is 0.791. The van der Waals surface area contributed by atoms with Crippen LogP contribution in [0.1, 0.15) is 10.5 Å². The highest BCUT2D eigenvalue weighted by atomic mass is 79.9. The lowest BCUT2D eigenvalue weighted by Crippen LogP contribution is -2.47. The summed E-state index contributed by atoms with van der Waals surface area (Å²) in [6.45, 7) is 1.80. The largest absolute Gasteiger partial charge is 0.378 e. The van der Waals surface area contributed by atoms with Crippen molar-refractivity contribution in [2.45, 2.75) is 6.04 Å². The molecule has 1 N–H and O–H groups in total. The van der Waals surface area contributed by atoms with Gasteiger partial charge in [0.25, 0.3) is 0 Å². The predicted molar refractivity (Wildman–Crippen MR) is 57.8 cm³/mol. The molecule has 82 valence electrons. The first-order valence-electron chi connectivity index (χ1n) is 4.73. The number of hydrogen-bond donors (Lipinski definition) is 1. The highest BCUT2D eigenvalue weighted by Crippen LogP contribution is 2.17.